The van der Waals surface area contributed by atoms with E-state index in [-0.39, 0.29) is 0 Å². The van der Waals surface area contributed by atoms with Gasteiger partial charge in [-0.3, -0.25) is 0 Å². The van der Waals surface area contributed by atoms with Crippen LogP contribution in [0.25, 0.3) is 0 Å². The molecule has 0 aromatic heterocycles. The maximum atomic E-state index is 6.24. The summed E-state index contributed by atoms with van der Waals surface area (Å²) in [5.41, 5.74) is 2.70. The Bertz CT molecular complexity index is 427. The van der Waals surface area contributed by atoms with Gasteiger partial charge in [0.15, 0.2) is 0 Å². The van der Waals surface area contributed by atoms with Crippen LogP contribution in [-0.2, 0) is 6.54 Å². The summed E-state index contributed by atoms with van der Waals surface area (Å²) in [6, 6.07) is 7.05. The van der Waals surface area contributed by atoms with Crippen molar-refractivity contribution in [3.8, 4) is 0 Å². The highest BCUT2D eigenvalue weighted by molar-refractivity contribution is 6.30. The average Bonchev–Trinajstić information content (AvgIpc) is 3.22. The molecule has 1 N–H and O–H groups in total. The van der Waals surface area contributed by atoms with E-state index < -0.39 is 0 Å². The van der Waals surface area contributed by atoms with Gasteiger partial charge in [0.05, 0.1) is 0 Å². The molecule has 2 nitrogen and oxygen atoms in total. The second kappa shape index (κ2) is 7.33. The standard InChI is InChI=1S/C17H27ClN2/c1-4-19-12-14-5-6-15(18)11-17(14)20(16-7-8-16)10-9-13(2)3/h5-6,11,13,16,19H,4,7-10,12H2,1-3H3. The van der Waals surface area contributed by atoms with Crippen LogP contribution in [0.15, 0.2) is 18.2 Å². The lowest BCUT2D eigenvalue weighted by atomic mass is 10.1. The number of hydrogen-bond donors (Lipinski definition) is 1. The highest BCUT2D eigenvalue weighted by Crippen LogP contribution is 2.35. The van der Waals surface area contributed by atoms with Crippen molar-refractivity contribution in [3.05, 3.63) is 28.8 Å². The lowest BCUT2D eigenvalue weighted by Gasteiger charge is -2.28. The maximum absolute atomic E-state index is 6.24. The second-order valence-corrected chi connectivity index (χ2v) is 6.60. The molecular weight excluding hydrogens is 268 g/mol. The van der Waals surface area contributed by atoms with E-state index in [0.717, 1.165) is 36.6 Å². The van der Waals surface area contributed by atoms with Gasteiger partial charge in [-0.1, -0.05) is 38.4 Å². The van der Waals surface area contributed by atoms with Gasteiger partial charge in [-0.05, 0) is 49.4 Å². The molecule has 1 aliphatic rings. The molecule has 0 amide bonds. The third-order valence-corrected chi connectivity index (χ3v) is 4.09. The van der Waals surface area contributed by atoms with Crippen LogP contribution in [0.3, 0.4) is 0 Å². The molecule has 1 fully saturated rings. The summed E-state index contributed by atoms with van der Waals surface area (Å²) in [6.07, 6.45) is 3.89. The Kier molecular flexibility index (Phi) is 5.74. The Hall–Kier alpha value is -0.730. The van der Waals surface area contributed by atoms with Crippen molar-refractivity contribution >= 4 is 17.3 Å². The minimum absolute atomic E-state index is 0.729. The van der Waals surface area contributed by atoms with Crippen LogP contribution in [0.2, 0.25) is 5.02 Å². The SMILES string of the molecule is CCNCc1ccc(Cl)cc1N(CCC(C)C)C1CC1. The van der Waals surface area contributed by atoms with E-state index in [2.05, 4.69) is 43.1 Å². The molecule has 0 saturated heterocycles. The Morgan fingerprint density at radius 2 is 2.10 bits per heavy atom. The lowest BCUT2D eigenvalue weighted by molar-refractivity contribution is 0.569. The lowest BCUT2D eigenvalue weighted by Crippen LogP contribution is -2.29. The molecule has 0 spiro atoms. The molecule has 1 saturated carbocycles. The Balaban J connectivity index is 2.18. The van der Waals surface area contributed by atoms with Crippen molar-refractivity contribution in [3.63, 3.8) is 0 Å². The summed E-state index contributed by atoms with van der Waals surface area (Å²) in [7, 11) is 0. The van der Waals surface area contributed by atoms with Gasteiger partial charge in [-0.15, -0.1) is 0 Å². The number of nitrogens with zero attached hydrogens (tertiary/aromatic N) is 1. The monoisotopic (exact) mass is 294 g/mol. The molecule has 0 atom stereocenters. The van der Waals surface area contributed by atoms with E-state index in [1.807, 2.05) is 6.07 Å². The number of rotatable bonds is 8. The molecule has 1 aromatic carbocycles. The normalized spacial score (nSPS) is 14.8. The van der Waals surface area contributed by atoms with Gasteiger partial charge in [-0.25, -0.2) is 0 Å². The molecule has 0 bridgehead atoms. The maximum Gasteiger partial charge on any atom is 0.0429 e. The first-order chi connectivity index (χ1) is 9.61. The van der Waals surface area contributed by atoms with Gasteiger partial charge in [-0.2, -0.15) is 0 Å². The highest BCUT2D eigenvalue weighted by Gasteiger charge is 2.30. The molecule has 112 valence electrons. The molecule has 0 unspecified atom stereocenters. The van der Waals surface area contributed by atoms with E-state index in [1.165, 1.54) is 30.5 Å². The molecule has 1 aliphatic carbocycles. The zero-order chi connectivity index (χ0) is 14.5. The van der Waals surface area contributed by atoms with Gasteiger partial charge < -0.3 is 10.2 Å². The van der Waals surface area contributed by atoms with Gasteiger partial charge >= 0.3 is 0 Å². The molecule has 0 aliphatic heterocycles. The zero-order valence-electron chi connectivity index (χ0n) is 13.0. The van der Waals surface area contributed by atoms with Crippen molar-refractivity contribution in [2.75, 3.05) is 18.0 Å². The van der Waals surface area contributed by atoms with Crippen molar-refractivity contribution < 1.29 is 0 Å². The highest BCUT2D eigenvalue weighted by atomic mass is 35.5. The zero-order valence-corrected chi connectivity index (χ0v) is 13.7. The van der Waals surface area contributed by atoms with Gasteiger partial charge in [0.25, 0.3) is 0 Å². The predicted octanol–water partition coefficient (Wildman–Crippen LogP) is 4.46. The molecular formula is C17H27ClN2. The number of nitrogens with one attached hydrogen (secondary N) is 1. The van der Waals surface area contributed by atoms with Crippen LogP contribution >= 0.6 is 11.6 Å². The fourth-order valence-corrected chi connectivity index (χ4v) is 2.66. The second-order valence-electron chi connectivity index (χ2n) is 6.16. The van der Waals surface area contributed by atoms with Crippen LogP contribution in [-0.4, -0.2) is 19.1 Å². The summed E-state index contributed by atoms with van der Waals surface area (Å²) in [5.74, 6) is 0.743. The van der Waals surface area contributed by atoms with Gasteiger partial charge in [0.1, 0.15) is 0 Å². The first-order valence-electron chi connectivity index (χ1n) is 7.87. The molecule has 20 heavy (non-hydrogen) atoms. The third-order valence-electron chi connectivity index (χ3n) is 3.86. The first-order valence-corrected chi connectivity index (χ1v) is 8.25. The van der Waals surface area contributed by atoms with E-state index in [9.17, 15) is 0 Å². The van der Waals surface area contributed by atoms with Crippen LogP contribution in [0.4, 0.5) is 5.69 Å². The summed E-state index contributed by atoms with van der Waals surface area (Å²) in [5, 5.41) is 4.28. The van der Waals surface area contributed by atoms with Crippen LogP contribution in [0.5, 0.6) is 0 Å². The van der Waals surface area contributed by atoms with E-state index >= 15 is 0 Å². The summed E-state index contributed by atoms with van der Waals surface area (Å²) in [4.78, 5) is 2.58. The van der Waals surface area contributed by atoms with Gasteiger partial charge in [0, 0.05) is 29.8 Å². The number of hydrogen-bond acceptors (Lipinski definition) is 2. The number of benzene rings is 1. The fraction of sp³-hybridized carbons (Fsp3) is 0.647. The quantitative estimate of drug-likeness (QED) is 0.761. The minimum atomic E-state index is 0.729. The van der Waals surface area contributed by atoms with Crippen LogP contribution in [0, 0.1) is 5.92 Å². The molecule has 3 heteroatoms. The Morgan fingerprint density at radius 3 is 2.70 bits per heavy atom. The predicted molar refractivity (Wildman–Crippen MR) is 88.7 cm³/mol. The van der Waals surface area contributed by atoms with Crippen molar-refractivity contribution in [1.82, 2.24) is 5.32 Å². The van der Waals surface area contributed by atoms with Crippen molar-refractivity contribution in [2.45, 2.75) is 52.6 Å². The van der Waals surface area contributed by atoms with Crippen molar-refractivity contribution in [2.24, 2.45) is 5.92 Å². The van der Waals surface area contributed by atoms with E-state index in [1.54, 1.807) is 0 Å². The Labute approximate surface area is 128 Å². The smallest absolute Gasteiger partial charge is 0.0429 e. The minimum Gasteiger partial charge on any atom is -0.368 e. The van der Waals surface area contributed by atoms with E-state index in [4.69, 9.17) is 11.6 Å². The number of anilines is 1. The molecule has 0 radical (unpaired) electrons. The summed E-state index contributed by atoms with van der Waals surface area (Å²) >= 11 is 6.24. The fourth-order valence-electron chi connectivity index (χ4n) is 2.50. The van der Waals surface area contributed by atoms with Crippen LogP contribution < -0.4 is 10.2 Å². The number of halogens is 1. The summed E-state index contributed by atoms with van der Waals surface area (Å²) in [6.45, 7) is 9.80. The van der Waals surface area contributed by atoms with Gasteiger partial charge in [0.2, 0.25) is 0 Å². The topological polar surface area (TPSA) is 15.3 Å². The van der Waals surface area contributed by atoms with E-state index in [0.29, 0.717) is 0 Å². The average molecular weight is 295 g/mol. The largest absolute Gasteiger partial charge is 0.368 e. The first kappa shape index (κ1) is 15.7. The molecule has 0 heterocycles. The summed E-state index contributed by atoms with van der Waals surface area (Å²) < 4.78 is 0. The Morgan fingerprint density at radius 1 is 1.35 bits per heavy atom. The molecule has 1 aromatic rings. The molecule has 2 rings (SSSR count). The van der Waals surface area contributed by atoms with Crippen molar-refractivity contribution in [1.29, 1.82) is 0 Å². The third kappa shape index (κ3) is 4.39. The van der Waals surface area contributed by atoms with Crippen LogP contribution in [0.1, 0.15) is 45.6 Å².